The molecule has 0 saturated carbocycles. The summed E-state index contributed by atoms with van der Waals surface area (Å²) in [5, 5.41) is 0. The third kappa shape index (κ3) is 2.08. The highest BCUT2D eigenvalue weighted by Crippen LogP contribution is 2.13. The Balaban J connectivity index is 2.35. The van der Waals surface area contributed by atoms with Crippen LogP contribution in [0.5, 0.6) is 0 Å². The number of ketones is 1. The third-order valence-corrected chi connectivity index (χ3v) is 2.26. The molecule has 0 unspecified atom stereocenters. The summed E-state index contributed by atoms with van der Waals surface area (Å²) in [5.74, 6) is -0.517. The number of hydrogen-bond acceptors (Lipinski definition) is 2. The van der Waals surface area contributed by atoms with E-state index in [-0.39, 0.29) is 11.6 Å². The summed E-state index contributed by atoms with van der Waals surface area (Å²) < 4.78 is 12.7. The molecule has 0 saturated heterocycles. The van der Waals surface area contributed by atoms with Crippen LogP contribution >= 0.6 is 0 Å². The van der Waals surface area contributed by atoms with Gasteiger partial charge in [0, 0.05) is 16.8 Å². The Morgan fingerprint density at radius 1 is 1.00 bits per heavy atom. The molecule has 0 bridgehead atoms. The van der Waals surface area contributed by atoms with Crippen LogP contribution in [0.3, 0.4) is 0 Å². The molecule has 2 aromatic rings. The van der Waals surface area contributed by atoms with E-state index in [1.807, 2.05) is 0 Å². The topological polar surface area (TPSA) is 43.1 Å². The Morgan fingerprint density at radius 2 is 1.69 bits per heavy atom. The van der Waals surface area contributed by atoms with Gasteiger partial charge in [0.2, 0.25) is 0 Å². The van der Waals surface area contributed by atoms with E-state index in [0.29, 0.717) is 16.8 Å². The number of benzene rings is 2. The lowest BCUT2D eigenvalue weighted by Crippen LogP contribution is -2.01. The van der Waals surface area contributed by atoms with E-state index in [1.54, 1.807) is 24.3 Å². The molecule has 16 heavy (non-hydrogen) atoms. The highest BCUT2D eigenvalue weighted by atomic mass is 19.1. The molecule has 0 aliphatic rings. The highest BCUT2D eigenvalue weighted by Gasteiger charge is 2.08. The van der Waals surface area contributed by atoms with Crippen LogP contribution in [-0.4, -0.2) is 5.78 Å². The number of nitrogens with two attached hydrogens (primary N) is 1. The first-order valence-electron chi connectivity index (χ1n) is 4.82. The number of hydrogen-bond donors (Lipinski definition) is 1. The number of carbonyl (C=O) groups excluding carboxylic acids is 1. The van der Waals surface area contributed by atoms with Crippen molar-refractivity contribution in [1.82, 2.24) is 0 Å². The number of carbonyl (C=O) groups is 1. The molecule has 2 rings (SSSR count). The molecule has 0 amide bonds. The molecular weight excluding hydrogens is 205 g/mol. The van der Waals surface area contributed by atoms with E-state index in [9.17, 15) is 9.18 Å². The molecule has 0 aromatic heterocycles. The van der Waals surface area contributed by atoms with Crippen molar-refractivity contribution in [3.63, 3.8) is 0 Å². The molecule has 80 valence electrons. The van der Waals surface area contributed by atoms with Gasteiger partial charge in [-0.15, -0.1) is 0 Å². The smallest absolute Gasteiger partial charge is 0.193 e. The van der Waals surface area contributed by atoms with Crippen LogP contribution in [0, 0.1) is 5.82 Å². The van der Waals surface area contributed by atoms with Crippen molar-refractivity contribution >= 4 is 11.5 Å². The zero-order valence-electron chi connectivity index (χ0n) is 8.48. The summed E-state index contributed by atoms with van der Waals surface area (Å²) in [6.45, 7) is 0. The van der Waals surface area contributed by atoms with Crippen molar-refractivity contribution in [3.05, 3.63) is 65.5 Å². The maximum atomic E-state index is 12.7. The zero-order chi connectivity index (χ0) is 11.5. The monoisotopic (exact) mass is 215 g/mol. The molecule has 3 heteroatoms. The average Bonchev–Trinajstić information content (AvgIpc) is 2.29. The Kier molecular flexibility index (Phi) is 2.68. The maximum Gasteiger partial charge on any atom is 0.193 e. The third-order valence-electron chi connectivity index (χ3n) is 2.26. The van der Waals surface area contributed by atoms with Crippen LogP contribution in [0.15, 0.2) is 48.5 Å². The van der Waals surface area contributed by atoms with Crippen LogP contribution < -0.4 is 5.73 Å². The fraction of sp³-hybridized carbons (Fsp3) is 0. The van der Waals surface area contributed by atoms with E-state index >= 15 is 0 Å². The van der Waals surface area contributed by atoms with Crippen molar-refractivity contribution in [2.45, 2.75) is 0 Å². The number of nitrogen functional groups attached to an aromatic ring is 1. The lowest BCUT2D eigenvalue weighted by Gasteiger charge is -2.02. The fourth-order valence-corrected chi connectivity index (χ4v) is 1.45. The molecule has 0 heterocycles. The van der Waals surface area contributed by atoms with Crippen molar-refractivity contribution < 1.29 is 9.18 Å². The van der Waals surface area contributed by atoms with Crippen molar-refractivity contribution in [1.29, 1.82) is 0 Å². The van der Waals surface area contributed by atoms with E-state index in [4.69, 9.17) is 5.73 Å². The standard InChI is InChI=1S/C13H10FNO/c14-11-6-4-9(5-7-11)13(16)10-2-1-3-12(15)8-10/h1-8H,15H2. The first-order chi connectivity index (χ1) is 7.66. The van der Waals surface area contributed by atoms with Gasteiger partial charge < -0.3 is 5.73 Å². The van der Waals surface area contributed by atoms with Gasteiger partial charge in [-0.25, -0.2) is 4.39 Å². The largest absolute Gasteiger partial charge is 0.399 e. The minimum atomic E-state index is -0.357. The van der Waals surface area contributed by atoms with Gasteiger partial charge in [-0.3, -0.25) is 4.79 Å². The van der Waals surface area contributed by atoms with E-state index in [1.165, 1.54) is 24.3 Å². The second-order valence-corrected chi connectivity index (χ2v) is 3.46. The normalized spacial score (nSPS) is 10.1. The Hall–Kier alpha value is -2.16. The quantitative estimate of drug-likeness (QED) is 0.618. The van der Waals surface area contributed by atoms with Crippen molar-refractivity contribution in [3.8, 4) is 0 Å². The van der Waals surface area contributed by atoms with E-state index in [0.717, 1.165) is 0 Å². The predicted octanol–water partition coefficient (Wildman–Crippen LogP) is 2.64. The lowest BCUT2D eigenvalue weighted by molar-refractivity contribution is 0.103. The molecule has 0 spiro atoms. The molecule has 0 fully saturated rings. The summed E-state index contributed by atoms with van der Waals surface area (Å²) >= 11 is 0. The van der Waals surface area contributed by atoms with Crippen LogP contribution in [0.25, 0.3) is 0 Å². The Morgan fingerprint density at radius 3 is 2.31 bits per heavy atom. The zero-order valence-corrected chi connectivity index (χ0v) is 8.48. The van der Waals surface area contributed by atoms with Gasteiger partial charge in [0.15, 0.2) is 5.78 Å². The van der Waals surface area contributed by atoms with Gasteiger partial charge in [0.05, 0.1) is 0 Å². The molecule has 0 aliphatic carbocycles. The lowest BCUT2D eigenvalue weighted by atomic mass is 10.0. The predicted molar refractivity (Wildman–Crippen MR) is 60.7 cm³/mol. The number of halogens is 1. The van der Waals surface area contributed by atoms with Crippen LogP contribution in [0.2, 0.25) is 0 Å². The molecule has 0 radical (unpaired) electrons. The minimum Gasteiger partial charge on any atom is -0.399 e. The summed E-state index contributed by atoms with van der Waals surface area (Å²) in [4.78, 5) is 11.9. The molecule has 2 N–H and O–H groups in total. The summed E-state index contributed by atoms with van der Waals surface area (Å²) in [6.07, 6.45) is 0. The van der Waals surface area contributed by atoms with Crippen LogP contribution in [-0.2, 0) is 0 Å². The number of rotatable bonds is 2. The Bertz CT molecular complexity index is 520. The molecule has 0 atom stereocenters. The molecule has 0 aliphatic heterocycles. The van der Waals surface area contributed by atoms with E-state index in [2.05, 4.69) is 0 Å². The van der Waals surface area contributed by atoms with Crippen LogP contribution in [0.1, 0.15) is 15.9 Å². The minimum absolute atomic E-state index is 0.160. The SMILES string of the molecule is Nc1cccc(C(=O)c2ccc(F)cc2)c1. The number of anilines is 1. The van der Waals surface area contributed by atoms with Gasteiger partial charge >= 0.3 is 0 Å². The van der Waals surface area contributed by atoms with Crippen molar-refractivity contribution in [2.75, 3.05) is 5.73 Å². The first-order valence-corrected chi connectivity index (χ1v) is 4.82. The highest BCUT2D eigenvalue weighted by molar-refractivity contribution is 6.09. The first kappa shape index (κ1) is 10.4. The van der Waals surface area contributed by atoms with Gasteiger partial charge in [0.1, 0.15) is 5.82 Å². The van der Waals surface area contributed by atoms with Gasteiger partial charge in [-0.1, -0.05) is 12.1 Å². The van der Waals surface area contributed by atoms with E-state index < -0.39 is 0 Å². The van der Waals surface area contributed by atoms with Gasteiger partial charge in [-0.2, -0.15) is 0 Å². The summed E-state index contributed by atoms with van der Waals surface area (Å²) in [7, 11) is 0. The second-order valence-electron chi connectivity index (χ2n) is 3.46. The second kappa shape index (κ2) is 4.14. The summed E-state index contributed by atoms with van der Waals surface area (Å²) in [6, 6.07) is 12.2. The van der Waals surface area contributed by atoms with Crippen LogP contribution in [0.4, 0.5) is 10.1 Å². The Labute approximate surface area is 92.5 Å². The van der Waals surface area contributed by atoms with Gasteiger partial charge in [0.25, 0.3) is 0 Å². The van der Waals surface area contributed by atoms with Crippen molar-refractivity contribution in [2.24, 2.45) is 0 Å². The molecule has 2 nitrogen and oxygen atoms in total. The maximum absolute atomic E-state index is 12.7. The average molecular weight is 215 g/mol. The fourth-order valence-electron chi connectivity index (χ4n) is 1.45. The molecule has 2 aromatic carbocycles. The van der Waals surface area contributed by atoms with Gasteiger partial charge in [-0.05, 0) is 36.4 Å². The molecular formula is C13H10FNO. The summed E-state index contributed by atoms with van der Waals surface area (Å²) in [5.41, 5.74) is 7.08.